The van der Waals surface area contributed by atoms with E-state index in [4.69, 9.17) is 9.47 Å². The van der Waals surface area contributed by atoms with Crippen molar-refractivity contribution in [2.45, 2.75) is 26.1 Å². The molecule has 6 nitrogen and oxygen atoms in total. The van der Waals surface area contributed by atoms with Gasteiger partial charge in [-0.25, -0.2) is 4.98 Å². The number of ether oxygens (including phenoxy) is 2. The smallest absolute Gasteiger partial charge is 0.140 e. The van der Waals surface area contributed by atoms with Gasteiger partial charge in [-0.3, -0.25) is 9.58 Å². The Bertz CT molecular complexity index is 828. The van der Waals surface area contributed by atoms with E-state index in [2.05, 4.69) is 40.5 Å². The fourth-order valence-corrected chi connectivity index (χ4v) is 3.30. The van der Waals surface area contributed by atoms with Gasteiger partial charge in [0.05, 0.1) is 19.0 Å². The number of benzene rings is 1. The van der Waals surface area contributed by atoms with Crippen molar-refractivity contribution >= 4 is 11.3 Å². The maximum atomic E-state index is 5.80. The summed E-state index contributed by atoms with van der Waals surface area (Å²) < 4.78 is 12.8. The van der Waals surface area contributed by atoms with Crippen LogP contribution in [0.4, 0.5) is 0 Å². The average Bonchev–Trinajstić information content (AvgIpc) is 3.28. The number of hydrogen-bond acceptors (Lipinski definition) is 6. The molecule has 3 rings (SSSR count). The van der Waals surface area contributed by atoms with Crippen LogP contribution in [0.25, 0.3) is 0 Å². The summed E-state index contributed by atoms with van der Waals surface area (Å²) in [5.74, 6) is 1.63. The van der Waals surface area contributed by atoms with E-state index in [1.54, 1.807) is 18.4 Å². The van der Waals surface area contributed by atoms with Crippen molar-refractivity contribution in [2.24, 2.45) is 7.05 Å². The summed E-state index contributed by atoms with van der Waals surface area (Å²) in [6.07, 6.45) is 3.96. The number of thiazole rings is 1. The first-order chi connectivity index (χ1) is 12.5. The van der Waals surface area contributed by atoms with E-state index in [9.17, 15) is 0 Å². The van der Waals surface area contributed by atoms with E-state index in [0.717, 1.165) is 28.7 Å². The zero-order valence-electron chi connectivity index (χ0n) is 15.5. The predicted octanol–water partition coefficient (Wildman–Crippen LogP) is 3.66. The van der Waals surface area contributed by atoms with Gasteiger partial charge in [0, 0.05) is 36.8 Å². The molecule has 0 aliphatic rings. The molecule has 26 heavy (non-hydrogen) atoms. The molecule has 0 aliphatic carbocycles. The van der Waals surface area contributed by atoms with Gasteiger partial charge in [-0.15, -0.1) is 11.3 Å². The van der Waals surface area contributed by atoms with Crippen molar-refractivity contribution in [1.29, 1.82) is 0 Å². The van der Waals surface area contributed by atoms with Crippen LogP contribution in [-0.2, 0) is 20.2 Å². The summed E-state index contributed by atoms with van der Waals surface area (Å²) in [7, 11) is 5.69. The lowest BCUT2D eigenvalue weighted by molar-refractivity contribution is 0.249. The van der Waals surface area contributed by atoms with Crippen molar-refractivity contribution in [1.82, 2.24) is 19.7 Å². The van der Waals surface area contributed by atoms with Gasteiger partial charge in [-0.2, -0.15) is 5.10 Å². The van der Waals surface area contributed by atoms with E-state index in [1.807, 2.05) is 42.2 Å². The minimum absolute atomic E-state index is 0.282. The summed E-state index contributed by atoms with van der Waals surface area (Å²) in [5.41, 5.74) is 2.26. The molecule has 2 aromatic heterocycles. The molecule has 1 unspecified atom stereocenters. The average molecular weight is 372 g/mol. The molecule has 0 fully saturated rings. The number of nitrogens with zero attached hydrogens (tertiary/aromatic N) is 4. The van der Waals surface area contributed by atoms with Gasteiger partial charge in [-0.1, -0.05) is 0 Å². The fraction of sp³-hybridized carbons (Fsp3) is 0.368. The maximum Gasteiger partial charge on any atom is 0.140 e. The molecule has 0 saturated heterocycles. The standard InChI is InChI=1S/C19H24N4O2S/c1-14(15-9-20-23(3)10-15)22(2)11-16-13-26-19(21-16)12-25-18-7-5-17(24-4)6-8-18/h5-10,13-14H,11-12H2,1-4H3. The Kier molecular flexibility index (Phi) is 5.90. The van der Waals surface area contributed by atoms with E-state index in [0.29, 0.717) is 6.61 Å². The second-order valence-electron chi connectivity index (χ2n) is 6.24. The largest absolute Gasteiger partial charge is 0.497 e. The van der Waals surface area contributed by atoms with Gasteiger partial charge >= 0.3 is 0 Å². The van der Waals surface area contributed by atoms with Crippen molar-refractivity contribution in [2.75, 3.05) is 14.2 Å². The van der Waals surface area contributed by atoms with E-state index in [-0.39, 0.29) is 6.04 Å². The number of aromatic nitrogens is 3. The molecule has 0 amide bonds. The number of methoxy groups -OCH3 is 1. The highest BCUT2D eigenvalue weighted by Gasteiger charge is 2.15. The Morgan fingerprint density at radius 3 is 2.62 bits per heavy atom. The first-order valence-corrected chi connectivity index (χ1v) is 9.32. The number of hydrogen-bond donors (Lipinski definition) is 0. The molecule has 138 valence electrons. The van der Waals surface area contributed by atoms with Crippen LogP contribution in [0.1, 0.15) is 29.2 Å². The normalized spacial score (nSPS) is 12.3. The molecule has 3 aromatic rings. The molecule has 1 atom stereocenters. The first-order valence-electron chi connectivity index (χ1n) is 8.44. The molecular weight excluding hydrogens is 348 g/mol. The third-order valence-electron chi connectivity index (χ3n) is 4.30. The summed E-state index contributed by atoms with van der Waals surface area (Å²) in [4.78, 5) is 6.95. The lowest BCUT2D eigenvalue weighted by Gasteiger charge is -2.22. The summed E-state index contributed by atoms with van der Waals surface area (Å²) in [5, 5.41) is 7.31. The fourth-order valence-electron chi connectivity index (χ4n) is 2.61. The molecule has 7 heteroatoms. The number of aryl methyl sites for hydroxylation is 1. The highest BCUT2D eigenvalue weighted by atomic mass is 32.1. The van der Waals surface area contributed by atoms with Gasteiger partial charge in [0.15, 0.2) is 0 Å². The van der Waals surface area contributed by atoms with Crippen LogP contribution in [-0.4, -0.2) is 33.8 Å². The van der Waals surface area contributed by atoms with Gasteiger partial charge in [-0.05, 0) is 38.2 Å². The molecule has 0 aliphatic heterocycles. The van der Waals surface area contributed by atoms with Gasteiger partial charge in [0.25, 0.3) is 0 Å². The molecule has 1 aromatic carbocycles. The quantitative estimate of drug-likeness (QED) is 0.604. The van der Waals surface area contributed by atoms with Gasteiger partial charge in [0.1, 0.15) is 23.1 Å². The van der Waals surface area contributed by atoms with Crippen molar-refractivity contribution in [3.05, 3.63) is 58.3 Å². The van der Waals surface area contributed by atoms with Crippen LogP contribution in [0.15, 0.2) is 42.0 Å². The third-order valence-corrected chi connectivity index (χ3v) is 5.17. The van der Waals surface area contributed by atoms with E-state index in [1.165, 1.54) is 5.56 Å². The SMILES string of the molecule is COc1ccc(OCc2nc(CN(C)C(C)c3cnn(C)c3)cs2)cc1. The minimum Gasteiger partial charge on any atom is -0.497 e. The van der Waals surface area contributed by atoms with Crippen LogP contribution < -0.4 is 9.47 Å². The molecular formula is C19H24N4O2S. The van der Waals surface area contributed by atoms with Crippen molar-refractivity contribution < 1.29 is 9.47 Å². The van der Waals surface area contributed by atoms with Crippen LogP contribution >= 0.6 is 11.3 Å². The molecule has 2 heterocycles. The van der Waals surface area contributed by atoms with Gasteiger partial charge < -0.3 is 9.47 Å². The van der Waals surface area contributed by atoms with E-state index >= 15 is 0 Å². The van der Waals surface area contributed by atoms with Crippen LogP contribution in [0.2, 0.25) is 0 Å². The topological polar surface area (TPSA) is 52.4 Å². The van der Waals surface area contributed by atoms with Crippen LogP contribution in [0.3, 0.4) is 0 Å². The predicted molar refractivity (Wildman–Crippen MR) is 103 cm³/mol. The van der Waals surface area contributed by atoms with Crippen LogP contribution in [0, 0.1) is 0 Å². The molecule has 0 N–H and O–H groups in total. The molecule has 0 radical (unpaired) electrons. The summed E-state index contributed by atoms with van der Waals surface area (Å²) in [6.45, 7) is 3.44. The van der Waals surface area contributed by atoms with Crippen molar-refractivity contribution in [3.8, 4) is 11.5 Å². The Morgan fingerprint density at radius 2 is 1.96 bits per heavy atom. The van der Waals surface area contributed by atoms with E-state index < -0.39 is 0 Å². The highest BCUT2D eigenvalue weighted by Crippen LogP contribution is 2.22. The Labute approximate surface area is 158 Å². The highest BCUT2D eigenvalue weighted by molar-refractivity contribution is 7.09. The molecule has 0 bridgehead atoms. The van der Waals surface area contributed by atoms with Crippen molar-refractivity contribution in [3.63, 3.8) is 0 Å². The maximum absolute atomic E-state index is 5.80. The Morgan fingerprint density at radius 1 is 1.23 bits per heavy atom. The second kappa shape index (κ2) is 8.33. The second-order valence-corrected chi connectivity index (χ2v) is 7.18. The monoisotopic (exact) mass is 372 g/mol. The first kappa shape index (κ1) is 18.4. The Balaban J connectivity index is 1.53. The third kappa shape index (κ3) is 4.62. The summed E-state index contributed by atoms with van der Waals surface area (Å²) in [6, 6.07) is 7.85. The minimum atomic E-state index is 0.282. The lowest BCUT2D eigenvalue weighted by atomic mass is 10.1. The molecule has 0 saturated carbocycles. The van der Waals surface area contributed by atoms with Crippen LogP contribution in [0.5, 0.6) is 11.5 Å². The number of rotatable bonds is 8. The molecule has 0 spiro atoms. The zero-order chi connectivity index (χ0) is 18.5. The Hall–Kier alpha value is -2.38. The zero-order valence-corrected chi connectivity index (χ0v) is 16.4. The summed E-state index contributed by atoms with van der Waals surface area (Å²) >= 11 is 1.63. The lowest BCUT2D eigenvalue weighted by Crippen LogP contribution is -2.21. The van der Waals surface area contributed by atoms with Gasteiger partial charge in [0.2, 0.25) is 0 Å².